The fraction of sp³-hybridized carbons (Fsp3) is 0.500. The van der Waals surface area contributed by atoms with Crippen molar-refractivity contribution < 1.29 is 9.13 Å². The molecule has 0 saturated heterocycles. The smallest absolute Gasteiger partial charge is 0.329 e. The lowest BCUT2D eigenvalue weighted by Gasteiger charge is -2.06. The van der Waals surface area contributed by atoms with E-state index in [-0.39, 0.29) is 17.5 Å². The zero-order valence-electron chi connectivity index (χ0n) is 9.75. The molecule has 1 aromatic heterocycles. The van der Waals surface area contributed by atoms with Crippen LogP contribution in [-0.2, 0) is 10.8 Å². The Morgan fingerprint density at radius 1 is 1.61 bits per heavy atom. The lowest BCUT2D eigenvalue weighted by molar-refractivity contribution is -0.384. The number of hydrogen-bond acceptors (Lipinski definition) is 8. The first-order chi connectivity index (χ1) is 8.54. The molecule has 9 nitrogen and oxygen atoms in total. The van der Waals surface area contributed by atoms with E-state index in [4.69, 9.17) is 5.84 Å². The Balaban J connectivity index is 2.71. The topological polar surface area (TPSA) is 136 Å². The summed E-state index contributed by atoms with van der Waals surface area (Å²) in [4.78, 5) is 17.7. The van der Waals surface area contributed by atoms with E-state index in [1.807, 2.05) is 0 Å². The van der Waals surface area contributed by atoms with Gasteiger partial charge in [0.1, 0.15) is 6.20 Å². The highest BCUT2D eigenvalue weighted by Gasteiger charge is 2.16. The number of nitrogens with zero attached hydrogens (tertiary/aromatic N) is 3. The number of nitrogens with two attached hydrogens (primary N) is 1. The second kappa shape index (κ2) is 6.81. The fourth-order valence-corrected chi connectivity index (χ4v) is 1.74. The summed E-state index contributed by atoms with van der Waals surface area (Å²) < 4.78 is 10.9. The van der Waals surface area contributed by atoms with Gasteiger partial charge in [0.2, 0.25) is 11.8 Å². The van der Waals surface area contributed by atoms with E-state index in [2.05, 4.69) is 20.7 Å². The number of hydrazine groups is 1. The summed E-state index contributed by atoms with van der Waals surface area (Å²) in [6, 6.07) is 0. The molecule has 0 bridgehead atoms. The highest BCUT2D eigenvalue weighted by atomic mass is 32.2. The standard InChI is InChI=1S/C8H14N6O3S/c1-18(17)4-2-3-10-7-6(14(15)16)5-11-8(12-7)13-9/h5H,2-4,9H2,1H3,(H2,10,11,12,13). The molecular weight excluding hydrogens is 260 g/mol. The third-order valence-electron chi connectivity index (χ3n) is 2.00. The monoisotopic (exact) mass is 274 g/mol. The minimum absolute atomic E-state index is 0.0853. The minimum atomic E-state index is -0.883. The number of aromatic nitrogens is 2. The van der Waals surface area contributed by atoms with Crippen molar-refractivity contribution in [1.29, 1.82) is 0 Å². The van der Waals surface area contributed by atoms with E-state index < -0.39 is 15.7 Å². The Labute approximate surface area is 106 Å². The molecule has 1 aromatic rings. The first kappa shape index (κ1) is 14.3. The van der Waals surface area contributed by atoms with Crippen LogP contribution in [0.5, 0.6) is 0 Å². The van der Waals surface area contributed by atoms with Crippen LogP contribution in [0.15, 0.2) is 6.20 Å². The average Bonchev–Trinajstić information content (AvgIpc) is 2.33. The number of nitrogens with one attached hydrogen (secondary N) is 2. The molecule has 1 rings (SSSR count). The molecule has 0 saturated carbocycles. The summed E-state index contributed by atoms with van der Waals surface area (Å²) in [6.45, 7) is 0.432. The zero-order valence-corrected chi connectivity index (χ0v) is 10.6. The zero-order chi connectivity index (χ0) is 13.5. The maximum atomic E-state index is 10.9. The summed E-state index contributed by atoms with van der Waals surface area (Å²) in [5.74, 6) is 5.82. The van der Waals surface area contributed by atoms with Crippen LogP contribution in [0.3, 0.4) is 0 Å². The molecule has 100 valence electrons. The Hall–Kier alpha value is -1.81. The third-order valence-corrected chi connectivity index (χ3v) is 2.86. The largest absolute Gasteiger partial charge is 0.364 e. The molecule has 10 heteroatoms. The van der Waals surface area contributed by atoms with Gasteiger partial charge in [-0.1, -0.05) is 0 Å². The van der Waals surface area contributed by atoms with Crippen LogP contribution in [0, 0.1) is 10.1 Å². The molecule has 0 aliphatic rings. The van der Waals surface area contributed by atoms with E-state index in [1.165, 1.54) is 0 Å². The van der Waals surface area contributed by atoms with Gasteiger partial charge in [-0.15, -0.1) is 0 Å². The first-order valence-electron chi connectivity index (χ1n) is 5.06. The van der Waals surface area contributed by atoms with Crippen LogP contribution in [0.1, 0.15) is 6.42 Å². The Morgan fingerprint density at radius 2 is 2.33 bits per heavy atom. The molecule has 1 atom stereocenters. The quantitative estimate of drug-likeness (QED) is 0.270. The van der Waals surface area contributed by atoms with Crippen molar-refractivity contribution in [2.24, 2.45) is 5.84 Å². The molecule has 0 aliphatic heterocycles. The second-order valence-corrected chi connectivity index (χ2v) is 4.94. The third kappa shape index (κ3) is 4.22. The molecule has 0 aromatic carbocycles. The fourth-order valence-electron chi connectivity index (χ4n) is 1.19. The lowest BCUT2D eigenvalue weighted by Crippen LogP contribution is -2.14. The molecule has 18 heavy (non-hydrogen) atoms. The summed E-state index contributed by atoms with van der Waals surface area (Å²) in [7, 11) is -0.883. The van der Waals surface area contributed by atoms with Crippen molar-refractivity contribution in [2.45, 2.75) is 6.42 Å². The van der Waals surface area contributed by atoms with Gasteiger partial charge in [-0.05, 0) is 6.42 Å². The SMILES string of the molecule is CS(=O)CCCNc1nc(NN)ncc1[N+](=O)[O-]. The van der Waals surface area contributed by atoms with Crippen LogP contribution >= 0.6 is 0 Å². The molecule has 0 amide bonds. The highest BCUT2D eigenvalue weighted by Crippen LogP contribution is 2.21. The lowest BCUT2D eigenvalue weighted by atomic mass is 10.4. The van der Waals surface area contributed by atoms with Crippen molar-refractivity contribution in [3.8, 4) is 0 Å². The van der Waals surface area contributed by atoms with Gasteiger partial charge >= 0.3 is 5.69 Å². The average molecular weight is 274 g/mol. The Kier molecular flexibility index (Phi) is 5.39. The predicted molar refractivity (Wildman–Crippen MR) is 68.5 cm³/mol. The molecule has 4 N–H and O–H groups in total. The van der Waals surface area contributed by atoms with Crippen LogP contribution in [0.2, 0.25) is 0 Å². The Morgan fingerprint density at radius 3 is 2.89 bits per heavy atom. The van der Waals surface area contributed by atoms with Crippen LogP contribution in [0.25, 0.3) is 0 Å². The summed E-state index contributed by atoms with van der Waals surface area (Å²) in [5.41, 5.74) is 1.98. The van der Waals surface area contributed by atoms with Crippen molar-refractivity contribution in [3.05, 3.63) is 16.3 Å². The number of nitro groups is 1. The van der Waals surface area contributed by atoms with Crippen molar-refractivity contribution in [1.82, 2.24) is 9.97 Å². The van der Waals surface area contributed by atoms with Gasteiger partial charge in [0, 0.05) is 29.4 Å². The van der Waals surface area contributed by atoms with Crippen molar-refractivity contribution in [3.63, 3.8) is 0 Å². The van der Waals surface area contributed by atoms with Crippen LogP contribution < -0.4 is 16.6 Å². The number of hydrogen-bond donors (Lipinski definition) is 3. The van der Waals surface area contributed by atoms with E-state index in [0.717, 1.165) is 6.20 Å². The molecule has 1 unspecified atom stereocenters. The van der Waals surface area contributed by atoms with Gasteiger partial charge in [-0.3, -0.25) is 19.7 Å². The molecule has 1 heterocycles. The van der Waals surface area contributed by atoms with Crippen molar-refractivity contribution >= 4 is 28.3 Å². The number of rotatable bonds is 7. The van der Waals surface area contributed by atoms with Crippen molar-refractivity contribution in [2.75, 3.05) is 29.3 Å². The van der Waals surface area contributed by atoms with Gasteiger partial charge in [0.05, 0.1) is 4.92 Å². The van der Waals surface area contributed by atoms with Gasteiger partial charge < -0.3 is 5.32 Å². The maximum absolute atomic E-state index is 10.9. The second-order valence-electron chi connectivity index (χ2n) is 3.39. The molecule has 0 spiro atoms. The summed E-state index contributed by atoms with van der Waals surface area (Å²) >= 11 is 0. The van der Waals surface area contributed by atoms with E-state index in [9.17, 15) is 14.3 Å². The minimum Gasteiger partial charge on any atom is -0.364 e. The molecular formula is C8H14N6O3S. The van der Waals surface area contributed by atoms with Gasteiger partial charge in [-0.2, -0.15) is 4.98 Å². The Bertz CT molecular complexity index is 454. The van der Waals surface area contributed by atoms with Crippen LogP contribution in [0.4, 0.5) is 17.5 Å². The van der Waals surface area contributed by atoms with Gasteiger partial charge in [0.15, 0.2) is 0 Å². The maximum Gasteiger partial charge on any atom is 0.329 e. The predicted octanol–water partition coefficient (Wildman–Crippen LogP) is -0.149. The van der Waals surface area contributed by atoms with E-state index in [0.29, 0.717) is 18.7 Å². The molecule has 0 aliphatic carbocycles. The molecule has 0 radical (unpaired) electrons. The number of anilines is 2. The molecule has 0 fully saturated rings. The summed E-state index contributed by atoms with van der Waals surface area (Å²) in [5, 5.41) is 13.5. The highest BCUT2D eigenvalue weighted by molar-refractivity contribution is 7.84. The first-order valence-corrected chi connectivity index (χ1v) is 6.79. The van der Waals surface area contributed by atoms with Gasteiger partial charge in [0.25, 0.3) is 0 Å². The normalized spacial score (nSPS) is 11.9. The van der Waals surface area contributed by atoms with E-state index in [1.54, 1.807) is 6.26 Å². The summed E-state index contributed by atoms with van der Waals surface area (Å²) in [6.07, 6.45) is 3.29. The van der Waals surface area contributed by atoms with E-state index >= 15 is 0 Å². The number of nitrogen functional groups attached to an aromatic ring is 1. The van der Waals surface area contributed by atoms with Crippen LogP contribution in [-0.4, -0.2) is 37.7 Å². The van der Waals surface area contributed by atoms with Gasteiger partial charge in [-0.25, -0.2) is 10.8 Å².